The molecule has 0 aliphatic heterocycles. The Bertz CT molecular complexity index is 385. The van der Waals surface area contributed by atoms with Crippen LogP contribution >= 0.6 is 11.8 Å². The summed E-state index contributed by atoms with van der Waals surface area (Å²) in [6.07, 6.45) is 7.32. The van der Waals surface area contributed by atoms with Crippen LogP contribution in [0, 0.1) is 0 Å². The molecule has 1 aromatic rings. The fourth-order valence-corrected chi connectivity index (χ4v) is 2.62. The van der Waals surface area contributed by atoms with Crippen molar-refractivity contribution in [3.05, 3.63) is 23.8 Å². The first kappa shape index (κ1) is 17.2. The molecule has 1 aromatic carbocycles. The molecule has 0 aliphatic rings. The van der Waals surface area contributed by atoms with Crippen LogP contribution in [0.1, 0.15) is 44.2 Å². The minimum Gasteiger partial charge on any atom is -0.504 e. The molecular formula is C16H27NO2S. The molecule has 1 rings (SSSR count). The number of phenols is 1. The highest BCUT2D eigenvalue weighted by Gasteiger charge is 2.08. The van der Waals surface area contributed by atoms with Crippen molar-refractivity contribution in [2.45, 2.75) is 38.6 Å². The molecule has 0 spiro atoms. The lowest BCUT2D eigenvalue weighted by Gasteiger charge is -2.15. The third kappa shape index (κ3) is 6.06. The second-order valence-electron chi connectivity index (χ2n) is 5.01. The molecule has 114 valence electrons. The van der Waals surface area contributed by atoms with Crippen molar-refractivity contribution >= 4 is 11.8 Å². The first-order valence-corrected chi connectivity index (χ1v) is 8.67. The van der Waals surface area contributed by atoms with Gasteiger partial charge in [-0.2, -0.15) is 11.8 Å². The maximum Gasteiger partial charge on any atom is 0.160 e. The van der Waals surface area contributed by atoms with E-state index in [-0.39, 0.29) is 11.8 Å². The average Bonchev–Trinajstić information content (AvgIpc) is 2.46. The molecule has 1 unspecified atom stereocenters. The highest BCUT2D eigenvalue weighted by Crippen LogP contribution is 2.28. The Morgan fingerprint density at radius 1 is 1.25 bits per heavy atom. The SMILES string of the molecule is COc1cc(C(C)NCCCCCCSC)ccc1O. The zero-order valence-corrected chi connectivity index (χ0v) is 13.6. The first-order chi connectivity index (χ1) is 9.69. The number of hydrogen-bond donors (Lipinski definition) is 2. The Morgan fingerprint density at radius 2 is 2.00 bits per heavy atom. The summed E-state index contributed by atoms with van der Waals surface area (Å²) in [6, 6.07) is 5.80. The van der Waals surface area contributed by atoms with Gasteiger partial charge in [0, 0.05) is 6.04 Å². The molecule has 0 aromatic heterocycles. The van der Waals surface area contributed by atoms with Crippen LogP contribution in [0.25, 0.3) is 0 Å². The standard InChI is InChI=1S/C16H27NO2S/c1-13(17-10-6-4-5-7-11-20-3)14-8-9-15(18)16(12-14)19-2/h8-9,12-13,17-18H,4-7,10-11H2,1-3H3. The van der Waals surface area contributed by atoms with E-state index in [1.54, 1.807) is 13.2 Å². The van der Waals surface area contributed by atoms with E-state index in [0.717, 1.165) is 12.1 Å². The second-order valence-corrected chi connectivity index (χ2v) is 6.00. The van der Waals surface area contributed by atoms with Gasteiger partial charge in [-0.15, -0.1) is 0 Å². The molecule has 0 radical (unpaired) electrons. The first-order valence-electron chi connectivity index (χ1n) is 7.28. The van der Waals surface area contributed by atoms with Crippen molar-refractivity contribution in [1.29, 1.82) is 0 Å². The molecule has 0 bridgehead atoms. The maximum absolute atomic E-state index is 9.59. The topological polar surface area (TPSA) is 41.5 Å². The third-order valence-corrected chi connectivity index (χ3v) is 4.13. The minimum absolute atomic E-state index is 0.192. The van der Waals surface area contributed by atoms with Crippen LogP contribution in [0.3, 0.4) is 0 Å². The van der Waals surface area contributed by atoms with Gasteiger partial charge in [-0.3, -0.25) is 0 Å². The number of ether oxygens (including phenoxy) is 1. The molecule has 3 nitrogen and oxygen atoms in total. The average molecular weight is 297 g/mol. The van der Waals surface area contributed by atoms with Crippen LogP contribution < -0.4 is 10.1 Å². The number of rotatable bonds is 10. The third-order valence-electron chi connectivity index (χ3n) is 3.43. The number of benzene rings is 1. The van der Waals surface area contributed by atoms with Gasteiger partial charge in [0.2, 0.25) is 0 Å². The lowest BCUT2D eigenvalue weighted by atomic mass is 10.1. The summed E-state index contributed by atoms with van der Waals surface area (Å²) in [6.45, 7) is 3.17. The molecular weight excluding hydrogens is 270 g/mol. The molecule has 0 aliphatic carbocycles. The van der Waals surface area contributed by atoms with Crippen LogP contribution in [0.4, 0.5) is 0 Å². The summed E-state index contributed by atoms with van der Waals surface area (Å²) in [7, 11) is 1.57. The van der Waals surface area contributed by atoms with E-state index in [1.165, 1.54) is 31.4 Å². The fraction of sp³-hybridized carbons (Fsp3) is 0.625. The predicted molar refractivity (Wildman–Crippen MR) is 87.9 cm³/mol. The van der Waals surface area contributed by atoms with Crippen molar-refractivity contribution in [3.8, 4) is 11.5 Å². The zero-order chi connectivity index (χ0) is 14.8. The molecule has 0 amide bonds. The van der Waals surface area contributed by atoms with Gasteiger partial charge >= 0.3 is 0 Å². The molecule has 0 saturated heterocycles. The fourth-order valence-electron chi connectivity index (χ4n) is 2.12. The lowest BCUT2D eigenvalue weighted by Crippen LogP contribution is -2.19. The highest BCUT2D eigenvalue weighted by atomic mass is 32.2. The van der Waals surface area contributed by atoms with E-state index in [0.29, 0.717) is 5.75 Å². The molecule has 0 heterocycles. The quantitative estimate of drug-likeness (QED) is 0.641. The van der Waals surface area contributed by atoms with Crippen molar-refractivity contribution < 1.29 is 9.84 Å². The van der Waals surface area contributed by atoms with E-state index in [9.17, 15) is 5.11 Å². The predicted octanol–water partition coefficient (Wildman–Crippen LogP) is 3.97. The molecule has 20 heavy (non-hydrogen) atoms. The van der Waals surface area contributed by atoms with Gasteiger partial charge in [-0.25, -0.2) is 0 Å². The number of thioether (sulfide) groups is 1. The maximum atomic E-state index is 9.59. The Morgan fingerprint density at radius 3 is 2.70 bits per heavy atom. The van der Waals surface area contributed by atoms with Gasteiger partial charge in [-0.05, 0) is 56.0 Å². The molecule has 1 atom stereocenters. The summed E-state index contributed by atoms with van der Waals surface area (Å²) in [5.74, 6) is 2.00. The smallest absolute Gasteiger partial charge is 0.160 e. The van der Waals surface area contributed by atoms with Gasteiger partial charge < -0.3 is 15.2 Å². The highest BCUT2D eigenvalue weighted by molar-refractivity contribution is 7.98. The summed E-state index contributed by atoms with van der Waals surface area (Å²) in [4.78, 5) is 0. The van der Waals surface area contributed by atoms with Gasteiger partial charge in [0.05, 0.1) is 7.11 Å². The van der Waals surface area contributed by atoms with Crippen molar-refractivity contribution in [3.63, 3.8) is 0 Å². The molecule has 0 fully saturated rings. The second kappa shape index (κ2) is 9.94. The largest absolute Gasteiger partial charge is 0.504 e. The molecule has 4 heteroatoms. The van der Waals surface area contributed by atoms with Gasteiger partial charge in [0.1, 0.15) is 0 Å². The van der Waals surface area contributed by atoms with Crippen LogP contribution in [0.15, 0.2) is 18.2 Å². The minimum atomic E-state index is 0.192. The Labute approximate surface area is 127 Å². The number of aromatic hydroxyl groups is 1. The number of nitrogens with one attached hydrogen (secondary N) is 1. The van der Waals surface area contributed by atoms with Gasteiger partial charge in [0.15, 0.2) is 11.5 Å². The van der Waals surface area contributed by atoms with E-state index >= 15 is 0 Å². The monoisotopic (exact) mass is 297 g/mol. The molecule has 2 N–H and O–H groups in total. The zero-order valence-electron chi connectivity index (χ0n) is 12.8. The number of phenolic OH excluding ortho intramolecular Hbond substituents is 1. The molecule has 0 saturated carbocycles. The van der Waals surface area contributed by atoms with Gasteiger partial charge in [0.25, 0.3) is 0 Å². The lowest BCUT2D eigenvalue weighted by molar-refractivity contribution is 0.372. The Balaban J connectivity index is 2.27. The normalized spacial score (nSPS) is 12.3. The summed E-state index contributed by atoms with van der Waals surface area (Å²) < 4.78 is 5.14. The van der Waals surface area contributed by atoms with Crippen LogP contribution in [0.2, 0.25) is 0 Å². The van der Waals surface area contributed by atoms with Crippen LogP contribution in [-0.2, 0) is 0 Å². The number of methoxy groups -OCH3 is 1. The van der Waals surface area contributed by atoms with E-state index in [1.807, 2.05) is 23.9 Å². The van der Waals surface area contributed by atoms with E-state index < -0.39 is 0 Å². The summed E-state index contributed by atoms with van der Waals surface area (Å²) in [5.41, 5.74) is 1.14. The van der Waals surface area contributed by atoms with Crippen LogP contribution in [0.5, 0.6) is 11.5 Å². The Hall–Kier alpha value is -0.870. The van der Waals surface area contributed by atoms with Crippen molar-refractivity contribution in [2.75, 3.05) is 25.7 Å². The summed E-state index contributed by atoms with van der Waals surface area (Å²) >= 11 is 1.92. The van der Waals surface area contributed by atoms with Crippen molar-refractivity contribution in [1.82, 2.24) is 5.32 Å². The van der Waals surface area contributed by atoms with E-state index in [4.69, 9.17) is 4.74 Å². The van der Waals surface area contributed by atoms with Crippen LogP contribution in [-0.4, -0.2) is 30.8 Å². The van der Waals surface area contributed by atoms with Crippen molar-refractivity contribution in [2.24, 2.45) is 0 Å². The number of unbranched alkanes of at least 4 members (excludes halogenated alkanes) is 3. The van der Waals surface area contributed by atoms with Gasteiger partial charge in [-0.1, -0.05) is 18.9 Å². The van der Waals surface area contributed by atoms with E-state index in [2.05, 4.69) is 18.5 Å². The number of hydrogen-bond acceptors (Lipinski definition) is 4. The Kier molecular flexibility index (Phi) is 8.54. The summed E-state index contributed by atoms with van der Waals surface area (Å²) in [5, 5.41) is 13.1.